The summed E-state index contributed by atoms with van der Waals surface area (Å²) < 4.78 is 5.47. The van der Waals surface area contributed by atoms with E-state index in [4.69, 9.17) is 39.5 Å². The molecular weight excluding hydrogens is 282 g/mol. The predicted molar refractivity (Wildman–Crippen MR) is 71.9 cm³/mol. The average molecular weight is 296 g/mol. The quantitative estimate of drug-likeness (QED) is 0.586. The molecule has 0 heterocycles. The van der Waals surface area contributed by atoms with Crippen molar-refractivity contribution in [3.8, 4) is 5.75 Å². The van der Waals surface area contributed by atoms with Gasteiger partial charge in [0, 0.05) is 5.02 Å². The first-order valence-corrected chi connectivity index (χ1v) is 6.46. The molecule has 0 aliphatic carbocycles. The van der Waals surface area contributed by atoms with Crippen molar-refractivity contribution in [2.75, 3.05) is 6.61 Å². The molecule has 0 fully saturated rings. The monoisotopic (exact) mass is 294 g/mol. The van der Waals surface area contributed by atoms with E-state index in [9.17, 15) is 4.79 Å². The van der Waals surface area contributed by atoms with Crippen molar-refractivity contribution in [2.45, 2.75) is 25.6 Å². The second-order valence-electron chi connectivity index (χ2n) is 3.59. The second kappa shape index (κ2) is 6.48. The molecule has 0 bridgehead atoms. The van der Waals surface area contributed by atoms with E-state index >= 15 is 0 Å². The van der Waals surface area contributed by atoms with Crippen molar-refractivity contribution < 1.29 is 9.53 Å². The predicted octanol–water partition coefficient (Wildman–Crippen LogP) is 4.59. The maximum absolute atomic E-state index is 11.9. The van der Waals surface area contributed by atoms with Crippen LogP contribution in [0.1, 0.15) is 30.6 Å². The lowest BCUT2D eigenvalue weighted by molar-refractivity contribution is 0.0988. The Hall–Kier alpha value is -0.440. The second-order valence-corrected chi connectivity index (χ2v) is 5.09. The highest BCUT2D eigenvalue weighted by atomic mass is 35.5. The lowest BCUT2D eigenvalue weighted by Gasteiger charge is -2.13. The Bertz CT molecular complexity index is 416. The van der Waals surface area contributed by atoms with Gasteiger partial charge in [-0.3, -0.25) is 4.79 Å². The Morgan fingerprint density at radius 1 is 1.41 bits per heavy atom. The first kappa shape index (κ1) is 14.6. The van der Waals surface area contributed by atoms with Crippen LogP contribution >= 0.6 is 34.8 Å². The minimum atomic E-state index is -0.645. The number of rotatable bonds is 5. The molecule has 1 rings (SSSR count). The Labute approximate surface area is 116 Å². The van der Waals surface area contributed by atoms with Gasteiger partial charge in [0.2, 0.25) is 0 Å². The van der Waals surface area contributed by atoms with E-state index in [1.165, 1.54) is 6.07 Å². The molecule has 0 saturated carbocycles. The van der Waals surface area contributed by atoms with E-state index in [1.807, 2.05) is 6.92 Å². The minimum absolute atomic E-state index is 0.248. The molecule has 1 aromatic carbocycles. The lowest BCUT2D eigenvalue weighted by Crippen LogP contribution is -2.13. The smallest absolute Gasteiger partial charge is 0.184 e. The lowest BCUT2D eigenvalue weighted by atomic mass is 10.1. The van der Waals surface area contributed by atoms with Gasteiger partial charge in [0.25, 0.3) is 0 Å². The molecule has 1 aromatic rings. The molecule has 5 heteroatoms. The van der Waals surface area contributed by atoms with Crippen LogP contribution in [0, 0.1) is 0 Å². The Morgan fingerprint density at radius 2 is 2.06 bits per heavy atom. The summed E-state index contributed by atoms with van der Waals surface area (Å²) in [5, 5.41) is 0.0691. The van der Waals surface area contributed by atoms with Crippen molar-refractivity contribution >= 4 is 40.6 Å². The van der Waals surface area contributed by atoms with Gasteiger partial charge < -0.3 is 4.74 Å². The first-order valence-electron chi connectivity index (χ1n) is 5.27. The Balaban J connectivity index is 3.20. The molecule has 0 N–H and O–H groups in total. The summed E-state index contributed by atoms with van der Waals surface area (Å²) in [6, 6.07) is 3.07. The molecule has 17 heavy (non-hydrogen) atoms. The molecule has 0 spiro atoms. The number of hydrogen-bond donors (Lipinski definition) is 0. The highest BCUT2D eigenvalue weighted by molar-refractivity contribution is 6.38. The zero-order chi connectivity index (χ0) is 13.0. The average Bonchev–Trinajstić information content (AvgIpc) is 2.25. The molecule has 1 unspecified atom stereocenters. The zero-order valence-electron chi connectivity index (χ0n) is 9.60. The standard InChI is InChI=1S/C12H13Cl3O2/c1-3-4-17-12-9(11(16)7(2)13)5-8(14)6-10(12)15/h5-7H,3-4H2,1-2H3. The van der Waals surface area contributed by atoms with E-state index < -0.39 is 5.38 Å². The maximum atomic E-state index is 11.9. The van der Waals surface area contributed by atoms with E-state index in [0.717, 1.165) is 6.42 Å². The van der Waals surface area contributed by atoms with Gasteiger partial charge in [-0.1, -0.05) is 30.1 Å². The van der Waals surface area contributed by atoms with Gasteiger partial charge in [-0.25, -0.2) is 0 Å². The number of Topliss-reactive ketones (excluding diaryl/α,β-unsaturated/α-hetero) is 1. The summed E-state index contributed by atoms with van der Waals surface area (Å²) in [6.07, 6.45) is 0.822. The number of ketones is 1. The molecule has 1 atom stereocenters. The van der Waals surface area contributed by atoms with Gasteiger partial charge in [-0.2, -0.15) is 0 Å². The number of halogens is 3. The molecule has 0 aliphatic heterocycles. The summed E-state index contributed by atoms with van der Waals surface area (Å²) in [7, 11) is 0. The van der Waals surface area contributed by atoms with Gasteiger partial charge in [0.1, 0.15) is 5.75 Å². The fraction of sp³-hybridized carbons (Fsp3) is 0.417. The third-order valence-electron chi connectivity index (χ3n) is 2.09. The van der Waals surface area contributed by atoms with E-state index in [1.54, 1.807) is 13.0 Å². The summed E-state index contributed by atoms with van der Waals surface area (Å²) in [4.78, 5) is 11.9. The van der Waals surface area contributed by atoms with Crippen LogP contribution in [0.5, 0.6) is 5.75 Å². The van der Waals surface area contributed by atoms with Crippen LogP contribution < -0.4 is 4.74 Å². The van der Waals surface area contributed by atoms with E-state index in [2.05, 4.69) is 0 Å². The molecule has 2 nitrogen and oxygen atoms in total. The van der Waals surface area contributed by atoms with Gasteiger partial charge in [0.05, 0.1) is 22.6 Å². The van der Waals surface area contributed by atoms with Gasteiger partial charge in [-0.05, 0) is 25.5 Å². The van der Waals surface area contributed by atoms with Crippen LogP contribution in [0.15, 0.2) is 12.1 Å². The number of alkyl halides is 1. The molecule has 0 aliphatic rings. The molecule has 0 aromatic heterocycles. The van der Waals surface area contributed by atoms with Crippen LogP contribution in [0.3, 0.4) is 0 Å². The van der Waals surface area contributed by atoms with Crippen molar-refractivity contribution in [1.82, 2.24) is 0 Å². The van der Waals surface area contributed by atoms with Crippen LogP contribution in [-0.4, -0.2) is 17.8 Å². The molecule has 0 amide bonds. The summed E-state index contributed by atoms with van der Waals surface area (Å²) >= 11 is 17.7. The number of ether oxygens (including phenoxy) is 1. The molecular formula is C12H13Cl3O2. The fourth-order valence-corrected chi connectivity index (χ4v) is 1.97. The van der Waals surface area contributed by atoms with Gasteiger partial charge in [0.15, 0.2) is 5.78 Å². The molecule has 0 saturated heterocycles. The minimum Gasteiger partial charge on any atom is -0.491 e. The van der Waals surface area contributed by atoms with Crippen molar-refractivity contribution in [3.05, 3.63) is 27.7 Å². The van der Waals surface area contributed by atoms with Crippen LogP contribution in [0.2, 0.25) is 10.0 Å². The fourth-order valence-electron chi connectivity index (χ4n) is 1.31. The van der Waals surface area contributed by atoms with E-state index in [-0.39, 0.29) is 5.78 Å². The van der Waals surface area contributed by atoms with Gasteiger partial charge in [-0.15, -0.1) is 11.6 Å². The van der Waals surface area contributed by atoms with Crippen molar-refractivity contribution in [2.24, 2.45) is 0 Å². The molecule has 0 radical (unpaired) electrons. The Morgan fingerprint density at radius 3 is 2.59 bits per heavy atom. The Kier molecular flexibility index (Phi) is 5.57. The summed E-state index contributed by atoms with van der Waals surface area (Å²) in [5.74, 6) is 0.109. The highest BCUT2D eigenvalue weighted by Crippen LogP contribution is 2.33. The number of benzene rings is 1. The van der Waals surface area contributed by atoms with Crippen molar-refractivity contribution in [3.63, 3.8) is 0 Å². The zero-order valence-corrected chi connectivity index (χ0v) is 11.9. The number of carbonyl (C=O) groups excluding carboxylic acids is 1. The van der Waals surface area contributed by atoms with E-state index in [0.29, 0.717) is 28.0 Å². The number of carbonyl (C=O) groups is 1. The van der Waals surface area contributed by atoms with Crippen molar-refractivity contribution in [1.29, 1.82) is 0 Å². The third-order valence-corrected chi connectivity index (χ3v) is 2.78. The normalized spacial score (nSPS) is 12.3. The maximum Gasteiger partial charge on any atom is 0.184 e. The highest BCUT2D eigenvalue weighted by Gasteiger charge is 2.20. The van der Waals surface area contributed by atoms with Gasteiger partial charge >= 0.3 is 0 Å². The van der Waals surface area contributed by atoms with Crippen LogP contribution in [0.25, 0.3) is 0 Å². The topological polar surface area (TPSA) is 26.3 Å². The third kappa shape index (κ3) is 3.77. The van der Waals surface area contributed by atoms with Crippen LogP contribution in [0.4, 0.5) is 0 Å². The summed E-state index contributed by atoms with van der Waals surface area (Å²) in [6.45, 7) is 4.05. The summed E-state index contributed by atoms with van der Waals surface area (Å²) in [5.41, 5.74) is 0.332. The SMILES string of the molecule is CCCOc1c(Cl)cc(Cl)cc1C(=O)C(C)Cl. The first-order chi connectivity index (χ1) is 7.97. The largest absolute Gasteiger partial charge is 0.491 e. The number of hydrogen-bond acceptors (Lipinski definition) is 2. The molecule has 94 valence electrons. The van der Waals surface area contributed by atoms with Crippen LogP contribution in [-0.2, 0) is 0 Å².